The predicted octanol–water partition coefficient (Wildman–Crippen LogP) is 0.796. The molecule has 4 rings (SSSR count). The first kappa shape index (κ1) is 15.4. The quantitative estimate of drug-likeness (QED) is 0.437. The Kier molecular flexibility index (Phi) is 3.72. The van der Waals surface area contributed by atoms with Crippen LogP contribution in [-0.2, 0) is 4.79 Å². The number of hydrogen-bond donors (Lipinski definition) is 3. The minimum absolute atomic E-state index is 0.0149. The first-order valence-electron chi connectivity index (χ1n) is 8.15. The molecular weight excluding hydrogens is 320 g/mol. The maximum Gasteiger partial charge on any atom is 0.366 e. The molecule has 0 aromatic heterocycles. The molecule has 1 aliphatic carbocycles. The number of amides is 1. The van der Waals surface area contributed by atoms with Gasteiger partial charge in [-0.05, 0) is 24.3 Å². The molecule has 2 aliphatic rings. The van der Waals surface area contributed by atoms with Crippen molar-refractivity contribution in [1.82, 2.24) is 0 Å². The summed E-state index contributed by atoms with van der Waals surface area (Å²) in [6.07, 6.45) is 2.04. The number of benzene rings is 2. The SMILES string of the molecule is O=C1COc2ccc(C(=O)c3ccccc3C(O)=[NH+]C3CC3)cc2N1. The van der Waals surface area contributed by atoms with E-state index in [4.69, 9.17) is 4.74 Å². The topological polar surface area (TPSA) is 89.6 Å². The molecular formula is C19H17N2O4+. The maximum atomic E-state index is 12.9. The van der Waals surface area contributed by atoms with Gasteiger partial charge in [-0.2, -0.15) is 0 Å². The molecule has 0 bridgehead atoms. The van der Waals surface area contributed by atoms with Crippen molar-refractivity contribution in [2.45, 2.75) is 18.9 Å². The van der Waals surface area contributed by atoms with Crippen molar-refractivity contribution < 1.29 is 24.4 Å². The molecule has 0 unspecified atom stereocenters. The minimum Gasteiger partial charge on any atom is -0.482 e. The second-order valence-electron chi connectivity index (χ2n) is 6.19. The number of carbonyl (C=O) groups excluding carboxylic acids is 2. The van der Waals surface area contributed by atoms with Gasteiger partial charge in [-0.1, -0.05) is 18.2 Å². The lowest BCUT2D eigenvalue weighted by Crippen LogP contribution is -2.75. The Morgan fingerprint density at radius 2 is 1.92 bits per heavy atom. The van der Waals surface area contributed by atoms with Crippen molar-refractivity contribution in [3.05, 3.63) is 59.2 Å². The smallest absolute Gasteiger partial charge is 0.366 e. The molecule has 0 saturated heterocycles. The molecule has 1 amide bonds. The summed E-state index contributed by atoms with van der Waals surface area (Å²) in [6, 6.07) is 12.1. The van der Waals surface area contributed by atoms with E-state index in [1.807, 2.05) is 0 Å². The third kappa shape index (κ3) is 3.10. The van der Waals surface area contributed by atoms with Crippen LogP contribution in [-0.4, -0.2) is 35.3 Å². The van der Waals surface area contributed by atoms with Gasteiger partial charge >= 0.3 is 5.90 Å². The van der Waals surface area contributed by atoms with E-state index in [1.165, 1.54) is 0 Å². The van der Waals surface area contributed by atoms with E-state index < -0.39 is 0 Å². The summed E-state index contributed by atoms with van der Waals surface area (Å²) in [5.41, 5.74) is 1.76. The summed E-state index contributed by atoms with van der Waals surface area (Å²) in [7, 11) is 0. The van der Waals surface area contributed by atoms with Crippen LogP contribution in [0.5, 0.6) is 5.75 Å². The van der Waals surface area contributed by atoms with Gasteiger partial charge in [0.05, 0.1) is 11.3 Å². The van der Waals surface area contributed by atoms with Gasteiger partial charge in [0, 0.05) is 24.0 Å². The zero-order valence-corrected chi connectivity index (χ0v) is 13.4. The molecule has 25 heavy (non-hydrogen) atoms. The highest BCUT2D eigenvalue weighted by Crippen LogP contribution is 2.29. The molecule has 2 aromatic rings. The molecule has 1 aliphatic heterocycles. The van der Waals surface area contributed by atoms with Crippen LogP contribution in [0.15, 0.2) is 42.5 Å². The maximum absolute atomic E-state index is 12.9. The summed E-state index contributed by atoms with van der Waals surface area (Å²) in [5.74, 6) is 0.0646. The van der Waals surface area contributed by atoms with E-state index in [1.54, 1.807) is 42.5 Å². The highest BCUT2D eigenvalue weighted by Gasteiger charge is 2.29. The van der Waals surface area contributed by atoms with Gasteiger partial charge in [0.15, 0.2) is 18.4 Å². The van der Waals surface area contributed by atoms with Gasteiger partial charge in [-0.25, -0.2) is 4.99 Å². The molecule has 6 nitrogen and oxygen atoms in total. The lowest BCUT2D eigenvalue weighted by molar-refractivity contribution is -0.481. The Balaban J connectivity index is 1.70. The average molecular weight is 337 g/mol. The summed E-state index contributed by atoms with van der Waals surface area (Å²) in [5, 5.41) is 13.0. The van der Waals surface area contributed by atoms with Crippen LogP contribution in [0.3, 0.4) is 0 Å². The molecule has 0 spiro atoms. The Hall–Kier alpha value is -3.15. The lowest BCUT2D eigenvalue weighted by Gasteiger charge is -2.18. The zero-order valence-electron chi connectivity index (χ0n) is 13.4. The number of aliphatic hydroxyl groups is 1. The van der Waals surface area contributed by atoms with Crippen molar-refractivity contribution in [2.75, 3.05) is 11.9 Å². The average Bonchev–Trinajstić information content (AvgIpc) is 3.44. The van der Waals surface area contributed by atoms with Crippen molar-refractivity contribution in [1.29, 1.82) is 0 Å². The van der Waals surface area contributed by atoms with Crippen LogP contribution >= 0.6 is 0 Å². The van der Waals surface area contributed by atoms with Crippen LogP contribution < -0.4 is 15.0 Å². The number of ketones is 1. The van der Waals surface area contributed by atoms with Gasteiger partial charge < -0.3 is 15.2 Å². The number of ether oxygens (including phenoxy) is 1. The van der Waals surface area contributed by atoms with Crippen molar-refractivity contribution in [3.8, 4) is 5.75 Å². The lowest BCUT2D eigenvalue weighted by atomic mass is 9.97. The number of aliphatic hydroxyl groups excluding tert-OH is 1. The summed E-state index contributed by atoms with van der Waals surface area (Å²) < 4.78 is 5.31. The van der Waals surface area contributed by atoms with Crippen LogP contribution in [0.25, 0.3) is 0 Å². The largest absolute Gasteiger partial charge is 0.482 e. The fraction of sp³-hybridized carbons (Fsp3) is 0.211. The number of fused-ring (bicyclic) bond motifs is 1. The first-order chi connectivity index (χ1) is 12.1. The van der Waals surface area contributed by atoms with E-state index >= 15 is 0 Å². The molecule has 1 saturated carbocycles. The molecule has 1 fully saturated rings. The third-order valence-electron chi connectivity index (χ3n) is 4.22. The van der Waals surface area contributed by atoms with Crippen molar-refractivity contribution >= 4 is 23.3 Å². The Labute approximate surface area is 144 Å². The summed E-state index contributed by atoms with van der Waals surface area (Å²) >= 11 is 0. The van der Waals surface area contributed by atoms with E-state index in [0.29, 0.717) is 28.1 Å². The first-order valence-corrected chi connectivity index (χ1v) is 8.15. The molecule has 3 N–H and O–H groups in total. The number of anilines is 1. The Bertz CT molecular complexity index is 900. The highest BCUT2D eigenvalue weighted by atomic mass is 16.5. The fourth-order valence-corrected chi connectivity index (χ4v) is 2.77. The fourth-order valence-electron chi connectivity index (χ4n) is 2.77. The second kappa shape index (κ2) is 6.05. The van der Waals surface area contributed by atoms with Gasteiger partial charge in [-0.3, -0.25) is 9.59 Å². The summed E-state index contributed by atoms with van der Waals surface area (Å²) in [4.78, 5) is 27.4. The number of carbonyl (C=O) groups is 2. The van der Waals surface area contributed by atoms with E-state index in [0.717, 1.165) is 12.8 Å². The Morgan fingerprint density at radius 3 is 2.68 bits per heavy atom. The van der Waals surface area contributed by atoms with Crippen molar-refractivity contribution in [2.24, 2.45) is 0 Å². The standard InChI is InChI=1S/C19H16N2O4/c22-17-10-25-16-8-5-11(9-15(16)21-17)18(23)13-3-1-2-4-14(13)19(24)20-12-6-7-12/h1-5,8-9,12H,6-7,10H2,(H,20,24)(H,21,22)/p+1. The molecule has 126 valence electrons. The normalized spacial score (nSPS) is 16.6. The van der Waals surface area contributed by atoms with Gasteiger partial charge in [-0.15, -0.1) is 0 Å². The monoisotopic (exact) mass is 337 g/mol. The second-order valence-corrected chi connectivity index (χ2v) is 6.19. The number of hydrogen-bond acceptors (Lipinski definition) is 3. The number of rotatable bonds is 4. The van der Waals surface area contributed by atoms with Gasteiger partial charge in [0.1, 0.15) is 5.75 Å². The van der Waals surface area contributed by atoms with Crippen LogP contribution in [0.2, 0.25) is 0 Å². The number of nitrogens with one attached hydrogen (secondary N) is 2. The van der Waals surface area contributed by atoms with Gasteiger partial charge in [0.2, 0.25) is 0 Å². The molecule has 0 radical (unpaired) electrons. The molecule has 6 heteroatoms. The predicted molar refractivity (Wildman–Crippen MR) is 91.2 cm³/mol. The van der Waals surface area contributed by atoms with Crippen LogP contribution in [0.4, 0.5) is 5.69 Å². The van der Waals surface area contributed by atoms with E-state index in [-0.39, 0.29) is 30.2 Å². The summed E-state index contributed by atoms with van der Waals surface area (Å²) in [6.45, 7) is -0.0290. The van der Waals surface area contributed by atoms with Gasteiger partial charge in [0.25, 0.3) is 5.91 Å². The molecule has 0 atom stereocenters. The van der Waals surface area contributed by atoms with E-state index in [2.05, 4.69) is 10.3 Å². The van der Waals surface area contributed by atoms with Crippen molar-refractivity contribution in [3.63, 3.8) is 0 Å². The van der Waals surface area contributed by atoms with E-state index in [9.17, 15) is 14.7 Å². The van der Waals surface area contributed by atoms with Crippen LogP contribution in [0.1, 0.15) is 34.3 Å². The molecule has 1 heterocycles. The highest BCUT2D eigenvalue weighted by molar-refractivity contribution is 6.15. The zero-order chi connectivity index (χ0) is 17.4. The molecule has 2 aromatic carbocycles. The third-order valence-corrected chi connectivity index (χ3v) is 4.22. The van der Waals surface area contributed by atoms with Crippen LogP contribution in [0, 0.1) is 0 Å². The minimum atomic E-state index is -0.253. The Morgan fingerprint density at radius 1 is 1.16 bits per heavy atom.